The Morgan fingerprint density at radius 3 is 2.46 bits per heavy atom. The Hall–Kier alpha value is -2.82. The normalized spacial score (nSPS) is 12.8. The average Bonchev–Trinajstić information content (AvgIpc) is 2.70. The lowest BCUT2D eigenvalue weighted by Crippen LogP contribution is -2.28. The summed E-state index contributed by atoms with van der Waals surface area (Å²) >= 11 is 0. The number of rotatable bonds is 6. The maximum atomic E-state index is 12.2. The molecule has 0 spiro atoms. The zero-order valence-electron chi connectivity index (χ0n) is 14.9. The molecular formula is C21H23NO4. The van der Waals surface area contributed by atoms with E-state index in [1.165, 1.54) is 17.5 Å². The number of carbonyl (C=O) groups is 2. The van der Waals surface area contributed by atoms with Crippen LogP contribution in [0.3, 0.4) is 0 Å². The van der Waals surface area contributed by atoms with Crippen molar-refractivity contribution in [2.24, 2.45) is 0 Å². The van der Waals surface area contributed by atoms with Crippen LogP contribution in [0, 0.1) is 0 Å². The number of ether oxygens (including phenoxy) is 2. The monoisotopic (exact) mass is 353 g/mol. The second-order valence-electron chi connectivity index (χ2n) is 6.39. The first kappa shape index (κ1) is 18.0. The standard InChI is InChI=1S/C21H23NO4/c1-25-19-10-6-15(7-11-19)13-22-20(23)14-26-21(24)18-9-8-16-4-2-3-5-17(16)12-18/h6-12H,2-5,13-14H2,1H3,(H,22,23). The van der Waals surface area contributed by atoms with E-state index in [0.29, 0.717) is 12.1 Å². The topological polar surface area (TPSA) is 64.6 Å². The molecule has 0 radical (unpaired) electrons. The molecule has 5 nitrogen and oxygen atoms in total. The number of hydrogen-bond acceptors (Lipinski definition) is 4. The molecule has 1 N–H and O–H groups in total. The van der Waals surface area contributed by atoms with Crippen molar-refractivity contribution in [3.8, 4) is 5.75 Å². The number of amides is 1. The molecule has 0 fully saturated rings. The minimum Gasteiger partial charge on any atom is -0.497 e. The number of nitrogens with one attached hydrogen (secondary N) is 1. The molecule has 0 atom stereocenters. The Balaban J connectivity index is 1.47. The summed E-state index contributed by atoms with van der Waals surface area (Å²) in [7, 11) is 1.60. The molecular weight excluding hydrogens is 330 g/mol. The third-order valence-corrected chi connectivity index (χ3v) is 4.57. The largest absolute Gasteiger partial charge is 0.497 e. The summed E-state index contributed by atoms with van der Waals surface area (Å²) in [5.74, 6) is -0.0239. The zero-order chi connectivity index (χ0) is 18.4. The Morgan fingerprint density at radius 2 is 1.73 bits per heavy atom. The van der Waals surface area contributed by atoms with E-state index in [4.69, 9.17) is 9.47 Å². The van der Waals surface area contributed by atoms with Crippen LogP contribution >= 0.6 is 0 Å². The first-order chi connectivity index (χ1) is 12.7. The van der Waals surface area contributed by atoms with Gasteiger partial charge in [-0.2, -0.15) is 0 Å². The molecule has 0 saturated heterocycles. The van der Waals surface area contributed by atoms with Crippen LogP contribution in [0.5, 0.6) is 5.75 Å². The van der Waals surface area contributed by atoms with Crippen molar-refractivity contribution < 1.29 is 19.1 Å². The van der Waals surface area contributed by atoms with E-state index >= 15 is 0 Å². The van der Waals surface area contributed by atoms with Gasteiger partial charge in [-0.1, -0.05) is 18.2 Å². The smallest absolute Gasteiger partial charge is 0.338 e. The lowest BCUT2D eigenvalue weighted by Gasteiger charge is -2.16. The fraction of sp³-hybridized carbons (Fsp3) is 0.333. The summed E-state index contributed by atoms with van der Waals surface area (Å²) in [6, 6.07) is 13.1. The second-order valence-corrected chi connectivity index (χ2v) is 6.39. The SMILES string of the molecule is COc1ccc(CNC(=O)COC(=O)c2ccc3c(c2)CCCC3)cc1. The van der Waals surface area contributed by atoms with Crippen molar-refractivity contribution in [3.63, 3.8) is 0 Å². The van der Waals surface area contributed by atoms with E-state index in [2.05, 4.69) is 5.32 Å². The molecule has 26 heavy (non-hydrogen) atoms. The Kier molecular flexibility index (Phi) is 5.89. The Labute approximate surface area is 153 Å². The molecule has 5 heteroatoms. The van der Waals surface area contributed by atoms with Crippen molar-refractivity contribution >= 4 is 11.9 Å². The van der Waals surface area contributed by atoms with E-state index in [1.807, 2.05) is 36.4 Å². The van der Waals surface area contributed by atoms with Crippen molar-refractivity contribution in [2.45, 2.75) is 32.2 Å². The lowest BCUT2D eigenvalue weighted by molar-refractivity contribution is -0.124. The van der Waals surface area contributed by atoms with Crippen LogP contribution in [0.4, 0.5) is 0 Å². The summed E-state index contributed by atoms with van der Waals surface area (Å²) in [5, 5.41) is 2.74. The van der Waals surface area contributed by atoms with Gasteiger partial charge in [0.15, 0.2) is 6.61 Å². The third-order valence-electron chi connectivity index (χ3n) is 4.57. The fourth-order valence-corrected chi connectivity index (χ4v) is 3.07. The molecule has 1 aliphatic carbocycles. The van der Waals surface area contributed by atoms with Crippen molar-refractivity contribution in [2.75, 3.05) is 13.7 Å². The number of carbonyl (C=O) groups excluding carboxylic acids is 2. The number of benzene rings is 2. The molecule has 3 rings (SSSR count). The molecule has 0 unspecified atom stereocenters. The molecule has 0 aliphatic heterocycles. The first-order valence-electron chi connectivity index (χ1n) is 8.84. The highest BCUT2D eigenvalue weighted by molar-refractivity contribution is 5.91. The summed E-state index contributed by atoms with van der Waals surface area (Å²) < 4.78 is 10.2. The highest BCUT2D eigenvalue weighted by Crippen LogP contribution is 2.22. The van der Waals surface area contributed by atoms with Crippen LogP contribution in [-0.2, 0) is 28.9 Å². The van der Waals surface area contributed by atoms with Crippen LogP contribution in [0.1, 0.15) is 39.9 Å². The van der Waals surface area contributed by atoms with Gasteiger partial charge < -0.3 is 14.8 Å². The molecule has 136 valence electrons. The molecule has 0 heterocycles. The molecule has 2 aromatic carbocycles. The minimum atomic E-state index is -0.460. The molecule has 2 aromatic rings. The first-order valence-corrected chi connectivity index (χ1v) is 8.84. The quantitative estimate of drug-likeness (QED) is 0.811. The van der Waals surface area contributed by atoms with Gasteiger partial charge >= 0.3 is 5.97 Å². The van der Waals surface area contributed by atoms with E-state index < -0.39 is 5.97 Å². The van der Waals surface area contributed by atoms with E-state index in [-0.39, 0.29) is 12.5 Å². The molecule has 0 saturated carbocycles. The minimum absolute atomic E-state index is 0.286. The maximum Gasteiger partial charge on any atom is 0.338 e. The highest BCUT2D eigenvalue weighted by Gasteiger charge is 2.14. The number of hydrogen-bond donors (Lipinski definition) is 1. The second kappa shape index (κ2) is 8.52. The number of aryl methyl sites for hydroxylation is 2. The van der Waals surface area contributed by atoms with Crippen LogP contribution < -0.4 is 10.1 Å². The van der Waals surface area contributed by atoms with Gasteiger partial charge in [-0.15, -0.1) is 0 Å². The van der Waals surface area contributed by atoms with Gasteiger partial charge in [-0.05, 0) is 66.6 Å². The van der Waals surface area contributed by atoms with Gasteiger partial charge in [0.2, 0.25) is 0 Å². The lowest BCUT2D eigenvalue weighted by atomic mass is 9.90. The van der Waals surface area contributed by atoms with Crippen LogP contribution in [-0.4, -0.2) is 25.6 Å². The average molecular weight is 353 g/mol. The predicted octanol–water partition coefficient (Wildman–Crippen LogP) is 3.05. The van der Waals surface area contributed by atoms with Gasteiger partial charge in [-0.3, -0.25) is 4.79 Å². The molecule has 0 aromatic heterocycles. The molecule has 1 aliphatic rings. The molecule has 1 amide bonds. The van der Waals surface area contributed by atoms with Gasteiger partial charge in [0.1, 0.15) is 5.75 Å². The Bertz CT molecular complexity index is 783. The van der Waals surface area contributed by atoms with Gasteiger partial charge in [-0.25, -0.2) is 4.79 Å². The fourth-order valence-electron chi connectivity index (χ4n) is 3.07. The van der Waals surface area contributed by atoms with Crippen molar-refractivity contribution in [1.82, 2.24) is 5.32 Å². The van der Waals surface area contributed by atoms with Crippen LogP contribution in [0.25, 0.3) is 0 Å². The number of esters is 1. The Morgan fingerprint density at radius 1 is 1.00 bits per heavy atom. The summed E-state index contributed by atoms with van der Waals surface area (Å²) in [6.45, 7) is 0.0886. The third kappa shape index (κ3) is 4.63. The van der Waals surface area contributed by atoms with Gasteiger partial charge in [0.05, 0.1) is 12.7 Å². The van der Waals surface area contributed by atoms with Crippen LogP contribution in [0.2, 0.25) is 0 Å². The number of methoxy groups -OCH3 is 1. The van der Waals surface area contributed by atoms with E-state index in [1.54, 1.807) is 13.2 Å². The van der Waals surface area contributed by atoms with Crippen molar-refractivity contribution in [3.05, 3.63) is 64.7 Å². The maximum absolute atomic E-state index is 12.2. The van der Waals surface area contributed by atoms with Gasteiger partial charge in [0, 0.05) is 6.54 Å². The summed E-state index contributed by atoms with van der Waals surface area (Å²) in [4.78, 5) is 24.1. The van der Waals surface area contributed by atoms with Crippen LogP contribution in [0.15, 0.2) is 42.5 Å². The van der Waals surface area contributed by atoms with Crippen molar-refractivity contribution in [1.29, 1.82) is 0 Å². The summed E-state index contributed by atoms with van der Waals surface area (Å²) in [5.41, 5.74) is 3.98. The molecule has 0 bridgehead atoms. The van der Waals surface area contributed by atoms with Gasteiger partial charge in [0.25, 0.3) is 5.91 Å². The summed E-state index contributed by atoms with van der Waals surface area (Å²) in [6.07, 6.45) is 4.42. The van der Waals surface area contributed by atoms with E-state index in [9.17, 15) is 9.59 Å². The number of fused-ring (bicyclic) bond motifs is 1. The van der Waals surface area contributed by atoms with E-state index in [0.717, 1.165) is 30.6 Å². The predicted molar refractivity (Wildman–Crippen MR) is 98.2 cm³/mol. The zero-order valence-corrected chi connectivity index (χ0v) is 14.9. The highest BCUT2D eigenvalue weighted by atomic mass is 16.5.